The number of nitrogens with one attached hydrogen (secondary N) is 3. The van der Waals surface area contributed by atoms with Gasteiger partial charge in [-0.15, -0.1) is 11.3 Å². The molecule has 0 aliphatic carbocycles. The van der Waals surface area contributed by atoms with E-state index in [-0.39, 0.29) is 5.69 Å². The standard InChI is InChI=1S/C21H18FN5O3S/c1-11(23-20(29)18-13-5-3-4-6-15(13)26-27-18)19(28)25-21-24-16(10-31-21)14-9-12(22)7-8-17(14)30-2/h3-11H,1-2H3,(H,23,29)(H,26,27)(H,24,25,28). The van der Waals surface area contributed by atoms with Crippen LogP contribution >= 0.6 is 11.3 Å². The number of aromatic nitrogens is 3. The molecule has 1 unspecified atom stereocenters. The summed E-state index contributed by atoms with van der Waals surface area (Å²) in [6.07, 6.45) is 0. The lowest BCUT2D eigenvalue weighted by atomic mass is 10.1. The summed E-state index contributed by atoms with van der Waals surface area (Å²) in [6.45, 7) is 1.56. The number of para-hydroxylation sites is 1. The number of anilines is 1. The fraction of sp³-hybridized carbons (Fsp3) is 0.143. The van der Waals surface area contributed by atoms with Crippen LogP contribution in [0.5, 0.6) is 5.75 Å². The molecule has 2 aromatic heterocycles. The Hall–Kier alpha value is -3.79. The fourth-order valence-corrected chi connectivity index (χ4v) is 3.73. The van der Waals surface area contributed by atoms with Crippen molar-refractivity contribution in [3.63, 3.8) is 0 Å². The van der Waals surface area contributed by atoms with Crippen LogP contribution in [0.15, 0.2) is 47.8 Å². The normalized spacial score (nSPS) is 11.8. The zero-order valence-corrected chi connectivity index (χ0v) is 17.4. The van der Waals surface area contributed by atoms with E-state index in [0.29, 0.717) is 27.5 Å². The summed E-state index contributed by atoms with van der Waals surface area (Å²) in [6, 6.07) is 10.5. The van der Waals surface area contributed by atoms with Crippen LogP contribution < -0.4 is 15.4 Å². The van der Waals surface area contributed by atoms with Crippen LogP contribution in [0.2, 0.25) is 0 Å². The molecule has 0 saturated carbocycles. The van der Waals surface area contributed by atoms with Crippen molar-refractivity contribution in [2.24, 2.45) is 0 Å². The molecule has 2 amide bonds. The van der Waals surface area contributed by atoms with E-state index in [1.54, 1.807) is 24.4 Å². The third-order valence-electron chi connectivity index (χ3n) is 4.60. The van der Waals surface area contributed by atoms with Crippen LogP contribution in [0.1, 0.15) is 17.4 Å². The Labute approximate surface area is 180 Å². The van der Waals surface area contributed by atoms with Gasteiger partial charge in [-0.25, -0.2) is 9.37 Å². The minimum absolute atomic E-state index is 0.213. The molecular formula is C21H18FN5O3S. The number of amides is 2. The Kier molecular flexibility index (Phi) is 5.63. The van der Waals surface area contributed by atoms with Crippen molar-refractivity contribution >= 4 is 39.2 Å². The molecule has 0 saturated heterocycles. The van der Waals surface area contributed by atoms with Crippen LogP contribution in [0, 0.1) is 5.82 Å². The number of halogens is 1. The second kappa shape index (κ2) is 8.52. The highest BCUT2D eigenvalue weighted by molar-refractivity contribution is 7.14. The second-order valence-corrected chi connectivity index (χ2v) is 7.54. The predicted molar refractivity (Wildman–Crippen MR) is 116 cm³/mol. The number of ether oxygens (including phenoxy) is 1. The minimum Gasteiger partial charge on any atom is -0.496 e. The van der Waals surface area contributed by atoms with Crippen LogP contribution in [-0.4, -0.2) is 40.1 Å². The first-order valence-corrected chi connectivity index (χ1v) is 10.2. The van der Waals surface area contributed by atoms with Crippen molar-refractivity contribution in [1.82, 2.24) is 20.5 Å². The minimum atomic E-state index is -0.834. The highest BCUT2D eigenvalue weighted by atomic mass is 32.1. The van der Waals surface area contributed by atoms with Crippen LogP contribution in [0.4, 0.5) is 9.52 Å². The summed E-state index contributed by atoms with van der Waals surface area (Å²) in [5.41, 5.74) is 1.89. The lowest BCUT2D eigenvalue weighted by Crippen LogP contribution is -2.41. The molecular weight excluding hydrogens is 421 g/mol. The van der Waals surface area contributed by atoms with Gasteiger partial charge in [-0.2, -0.15) is 5.10 Å². The van der Waals surface area contributed by atoms with E-state index in [9.17, 15) is 14.0 Å². The summed E-state index contributed by atoms with van der Waals surface area (Å²) < 4.78 is 18.9. The van der Waals surface area contributed by atoms with Gasteiger partial charge >= 0.3 is 0 Å². The molecule has 3 N–H and O–H groups in total. The van der Waals surface area contributed by atoms with Gasteiger partial charge in [-0.05, 0) is 31.2 Å². The molecule has 2 heterocycles. The Bertz CT molecular complexity index is 1270. The number of thiazole rings is 1. The van der Waals surface area contributed by atoms with Crippen LogP contribution in [0.25, 0.3) is 22.2 Å². The fourth-order valence-electron chi connectivity index (χ4n) is 3.02. The molecule has 8 nitrogen and oxygen atoms in total. The lowest BCUT2D eigenvalue weighted by Gasteiger charge is -2.12. The highest BCUT2D eigenvalue weighted by Gasteiger charge is 2.21. The molecule has 1 atom stereocenters. The van der Waals surface area contributed by atoms with Gasteiger partial charge in [-0.3, -0.25) is 14.7 Å². The first kappa shape index (κ1) is 20.5. The molecule has 2 aromatic carbocycles. The number of carbonyl (C=O) groups excluding carboxylic acids is 2. The van der Waals surface area contributed by atoms with Gasteiger partial charge in [0.2, 0.25) is 5.91 Å². The zero-order valence-electron chi connectivity index (χ0n) is 16.6. The first-order valence-electron chi connectivity index (χ1n) is 9.30. The molecule has 0 radical (unpaired) electrons. The average molecular weight is 439 g/mol. The molecule has 158 valence electrons. The van der Waals surface area contributed by atoms with Gasteiger partial charge in [0.05, 0.1) is 18.3 Å². The summed E-state index contributed by atoms with van der Waals surface area (Å²) in [7, 11) is 1.48. The Morgan fingerprint density at radius 2 is 2.03 bits per heavy atom. The third kappa shape index (κ3) is 4.24. The van der Waals surface area contributed by atoms with Crippen molar-refractivity contribution in [1.29, 1.82) is 0 Å². The average Bonchev–Trinajstić information content (AvgIpc) is 3.40. The van der Waals surface area contributed by atoms with Crippen molar-refractivity contribution < 1.29 is 18.7 Å². The predicted octanol–water partition coefficient (Wildman–Crippen LogP) is 3.59. The maximum atomic E-state index is 13.6. The van der Waals surface area contributed by atoms with E-state index in [2.05, 4.69) is 25.8 Å². The highest BCUT2D eigenvalue weighted by Crippen LogP contribution is 2.32. The van der Waals surface area contributed by atoms with Crippen LogP contribution in [0.3, 0.4) is 0 Å². The second-order valence-electron chi connectivity index (χ2n) is 6.68. The lowest BCUT2D eigenvalue weighted by molar-refractivity contribution is -0.117. The molecule has 4 rings (SSSR count). The van der Waals surface area contributed by atoms with E-state index in [1.807, 2.05) is 12.1 Å². The van der Waals surface area contributed by atoms with Crippen molar-refractivity contribution in [3.8, 4) is 17.0 Å². The molecule has 4 aromatic rings. The first-order chi connectivity index (χ1) is 15.0. The van der Waals surface area contributed by atoms with E-state index in [0.717, 1.165) is 5.52 Å². The van der Waals surface area contributed by atoms with Gasteiger partial charge in [-0.1, -0.05) is 18.2 Å². The van der Waals surface area contributed by atoms with Crippen molar-refractivity contribution in [3.05, 3.63) is 59.4 Å². The van der Waals surface area contributed by atoms with E-state index >= 15 is 0 Å². The molecule has 0 aliphatic rings. The number of hydrogen-bond acceptors (Lipinski definition) is 6. The summed E-state index contributed by atoms with van der Waals surface area (Å²) >= 11 is 1.18. The molecule has 0 aliphatic heterocycles. The number of fused-ring (bicyclic) bond motifs is 1. The van der Waals surface area contributed by atoms with Gasteiger partial charge in [0, 0.05) is 16.3 Å². The summed E-state index contributed by atoms with van der Waals surface area (Å²) in [5, 5.41) is 14.8. The topological polar surface area (TPSA) is 109 Å². The molecule has 0 fully saturated rings. The largest absolute Gasteiger partial charge is 0.496 e. The van der Waals surface area contributed by atoms with E-state index in [4.69, 9.17) is 4.74 Å². The number of H-pyrrole nitrogens is 1. The van der Waals surface area contributed by atoms with Crippen molar-refractivity contribution in [2.75, 3.05) is 12.4 Å². The number of rotatable bonds is 6. The number of carbonyl (C=O) groups is 2. The van der Waals surface area contributed by atoms with Gasteiger partial charge in [0.15, 0.2) is 10.8 Å². The SMILES string of the molecule is COc1ccc(F)cc1-c1csc(NC(=O)C(C)NC(=O)c2n[nH]c3ccccc23)n1. The number of benzene rings is 2. The van der Waals surface area contributed by atoms with Crippen molar-refractivity contribution in [2.45, 2.75) is 13.0 Å². The number of nitrogens with zero attached hydrogens (tertiary/aromatic N) is 2. The maximum absolute atomic E-state index is 13.6. The molecule has 31 heavy (non-hydrogen) atoms. The van der Waals surface area contributed by atoms with Gasteiger partial charge in [0.1, 0.15) is 17.6 Å². The number of methoxy groups -OCH3 is 1. The quantitative estimate of drug-likeness (QED) is 0.425. The summed E-state index contributed by atoms with van der Waals surface area (Å²) in [4.78, 5) is 29.4. The maximum Gasteiger partial charge on any atom is 0.273 e. The van der Waals surface area contributed by atoms with E-state index < -0.39 is 23.7 Å². The van der Waals surface area contributed by atoms with E-state index in [1.165, 1.54) is 36.6 Å². The molecule has 0 spiro atoms. The third-order valence-corrected chi connectivity index (χ3v) is 5.36. The van der Waals surface area contributed by atoms with Crippen LogP contribution in [-0.2, 0) is 4.79 Å². The molecule has 10 heteroatoms. The summed E-state index contributed by atoms with van der Waals surface area (Å²) in [5.74, 6) is -0.863. The Balaban J connectivity index is 1.44. The van der Waals surface area contributed by atoms with Gasteiger partial charge in [0.25, 0.3) is 5.91 Å². The molecule has 0 bridgehead atoms. The number of hydrogen-bond donors (Lipinski definition) is 3. The smallest absolute Gasteiger partial charge is 0.273 e. The zero-order chi connectivity index (χ0) is 22.0. The Morgan fingerprint density at radius 3 is 2.84 bits per heavy atom. The Morgan fingerprint density at radius 1 is 1.23 bits per heavy atom. The monoisotopic (exact) mass is 439 g/mol. The number of aromatic amines is 1. The van der Waals surface area contributed by atoms with Gasteiger partial charge < -0.3 is 15.4 Å².